The molecule has 0 amide bonds. The number of nitrogens with one attached hydrogen (secondary N) is 2. The van der Waals surface area contributed by atoms with Crippen LogP contribution in [0.1, 0.15) is 0 Å². The molecule has 0 spiro atoms. The van der Waals surface area contributed by atoms with Crippen LogP contribution in [0.25, 0.3) is 11.3 Å². The van der Waals surface area contributed by atoms with Crippen molar-refractivity contribution in [3.05, 3.63) is 40.4 Å². The second-order valence-electron chi connectivity index (χ2n) is 3.84. The molecule has 2 aromatic rings. The summed E-state index contributed by atoms with van der Waals surface area (Å²) in [4.78, 5) is 4.25. The molecule has 2 heterocycles. The molecule has 3 N–H and O–H groups in total. The number of rotatable bonds is 1. The first kappa shape index (κ1) is 11.4. The third kappa shape index (κ3) is 1.64. The fourth-order valence-electron chi connectivity index (χ4n) is 1.90. The third-order valence-electron chi connectivity index (χ3n) is 2.76. The van der Waals surface area contributed by atoms with E-state index in [9.17, 15) is 5.21 Å². The highest BCUT2D eigenvalue weighted by Crippen LogP contribution is 2.33. The van der Waals surface area contributed by atoms with E-state index in [1.807, 2.05) is 30.3 Å². The number of aromatic nitrogens is 2. The number of benzene rings is 1. The molecular weight excluding hydrogens is 298 g/mol. The molecule has 0 saturated heterocycles. The minimum atomic E-state index is 0.0936. The Kier molecular flexibility index (Phi) is 2.66. The minimum Gasteiger partial charge on any atom is -0.278 e. The number of halogens is 1. The smallest absolute Gasteiger partial charge is 0.225 e. The number of nitrogens with zero attached hydrogens (tertiary/aromatic N) is 3. The quantitative estimate of drug-likeness (QED) is 0.745. The predicted molar refractivity (Wildman–Crippen MR) is 68.6 cm³/mol. The number of anilines is 1. The van der Waals surface area contributed by atoms with Crippen molar-refractivity contribution < 1.29 is 5.21 Å². The van der Waals surface area contributed by atoms with Gasteiger partial charge in [-0.15, -0.1) is 0 Å². The molecule has 0 bridgehead atoms. The summed E-state index contributed by atoms with van der Waals surface area (Å²) < 4.78 is 2.22. The second-order valence-corrected chi connectivity index (χ2v) is 4.64. The molecule has 6 nitrogen and oxygen atoms in total. The van der Waals surface area contributed by atoms with Gasteiger partial charge in [0.1, 0.15) is 0 Å². The van der Waals surface area contributed by atoms with Gasteiger partial charge in [-0.05, 0) is 15.9 Å². The lowest BCUT2D eigenvalue weighted by atomic mass is 10.1. The van der Waals surface area contributed by atoms with Crippen LogP contribution in [0.5, 0.6) is 0 Å². The summed E-state index contributed by atoms with van der Waals surface area (Å²) in [6.07, 6.45) is 0. The predicted octanol–water partition coefficient (Wildman–Crippen LogP) is 1.46. The maximum Gasteiger partial charge on any atom is 0.225 e. The lowest BCUT2D eigenvalue weighted by Crippen LogP contribution is -2.27. The van der Waals surface area contributed by atoms with Crippen molar-refractivity contribution in [3.63, 3.8) is 0 Å². The van der Waals surface area contributed by atoms with Crippen LogP contribution in [0.2, 0.25) is 0 Å². The van der Waals surface area contributed by atoms with E-state index in [0.29, 0.717) is 22.7 Å². The highest BCUT2D eigenvalue weighted by Gasteiger charge is 2.24. The number of hydrogen-bond donors (Lipinski definition) is 3. The molecule has 1 aliphatic rings. The lowest BCUT2D eigenvalue weighted by Gasteiger charge is -2.13. The summed E-state index contributed by atoms with van der Waals surface area (Å²) in [6.45, 7) is 0.325. The molecule has 1 aliphatic heterocycles. The van der Waals surface area contributed by atoms with Gasteiger partial charge in [0.2, 0.25) is 5.62 Å². The zero-order chi connectivity index (χ0) is 12.7. The average Bonchev–Trinajstić information content (AvgIpc) is 2.78. The van der Waals surface area contributed by atoms with E-state index in [1.165, 1.54) is 0 Å². The molecule has 7 heteroatoms. The van der Waals surface area contributed by atoms with E-state index in [2.05, 4.69) is 26.3 Å². The summed E-state index contributed by atoms with van der Waals surface area (Å²) >= 11 is 3.44. The summed E-state index contributed by atoms with van der Waals surface area (Å²) in [5.74, 6) is 0.480. The normalized spacial score (nSPS) is 13.8. The van der Waals surface area contributed by atoms with E-state index in [-0.39, 0.29) is 5.62 Å². The standard InChI is InChI=1S/C11H10BrN5O/c12-8-9(7-4-2-1-3-5-7)15-11(13)16-6-14-17(18)10(8)16/h1-5,13-14,18H,6H2. The molecule has 18 heavy (non-hydrogen) atoms. The fraction of sp³-hybridized carbons (Fsp3) is 0.0909. The Morgan fingerprint density at radius 1 is 1.33 bits per heavy atom. The number of hydrazine groups is 1. The van der Waals surface area contributed by atoms with Gasteiger partial charge in [0.25, 0.3) is 0 Å². The van der Waals surface area contributed by atoms with Crippen molar-refractivity contribution in [1.29, 1.82) is 5.41 Å². The van der Waals surface area contributed by atoms with Crippen LogP contribution >= 0.6 is 15.9 Å². The molecule has 0 fully saturated rings. The Hall–Kier alpha value is -1.70. The molecule has 0 unspecified atom stereocenters. The van der Waals surface area contributed by atoms with Crippen molar-refractivity contribution >= 4 is 21.7 Å². The van der Waals surface area contributed by atoms with Crippen LogP contribution in [0.4, 0.5) is 5.82 Å². The Morgan fingerprint density at radius 3 is 2.78 bits per heavy atom. The molecule has 0 saturated carbocycles. The molecular formula is C11H10BrN5O. The molecule has 1 aromatic heterocycles. The Labute approximate surface area is 111 Å². The van der Waals surface area contributed by atoms with E-state index in [0.717, 1.165) is 10.7 Å². The van der Waals surface area contributed by atoms with Gasteiger partial charge in [-0.3, -0.25) is 15.2 Å². The first-order chi connectivity index (χ1) is 8.68. The van der Waals surface area contributed by atoms with Crippen molar-refractivity contribution in [1.82, 2.24) is 15.0 Å². The topological polar surface area (TPSA) is 77.2 Å². The van der Waals surface area contributed by atoms with Crippen LogP contribution in [-0.4, -0.2) is 14.8 Å². The van der Waals surface area contributed by atoms with E-state index >= 15 is 0 Å². The monoisotopic (exact) mass is 307 g/mol. The number of fused-ring (bicyclic) bond motifs is 1. The van der Waals surface area contributed by atoms with Crippen molar-refractivity contribution in [2.45, 2.75) is 6.67 Å². The van der Waals surface area contributed by atoms with Gasteiger partial charge in [-0.25, -0.2) is 4.98 Å². The first-order valence-corrected chi connectivity index (χ1v) is 6.10. The number of hydrogen-bond acceptors (Lipinski definition) is 5. The molecule has 1 aromatic carbocycles. The van der Waals surface area contributed by atoms with Crippen molar-refractivity contribution in [2.75, 3.05) is 5.17 Å². The second kappa shape index (κ2) is 4.20. The van der Waals surface area contributed by atoms with Gasteiger partial charge < -0.3 is 0 Å². The van der Waals surface area contributed by atoms with E-state index in [1.54, 1.807) is 4.57 Å². The van der Waals surface area contributed by atoms with Gasteiger partial charge >= 0.3 is 0 Å². The minimum absolute atomic E-state index is 0.0936. The SMILES string of the molecule is N=c1nc(-c2ccccc2)c(Br)c2n1CNN2O. The summed E-state index contributed by atoms with van der Waals surface area (Å²) in [6, 6.07) is 9.55. The van der Waals surface area contributed by atoms with Crippen LogP contribution in [-0.2, 0) is 6.67 Å². The summed E-state index contributed by atoms with van der Waals surface area (Å²) in [5, 5.41) is 18.5. The van der Waals surface area contributed by atoms with Crippen LogP contribution in [0.15, 0.2) is 34.8 Å². The highest BCUT2D eigenvalue weighted by atomic mass is 79.9. The van der Waals surface area contributed by atoms with Gasteiger partial charge in [0.15, 0.2) is 5.82 Å². The van der Waals surface area contributed by atoms with Gasteiger partial charge in [0.05, 0.1) is 16.8 Å². The maximum absolute atomic E-state index is 9.72. The highest BCUT2D eigenvalue weighted by molar-refractivity contribution is 9.10. The first-order valence-electron chi connectivity index (χ1n) is 5.31. The van der Waals surface area contributed by atoms with Crippen LogP contribution in [0, 0.1) is 5.41 Å². The zero-order valence-electron chi connectivity index (χ0n) is 9.26. The summed E-state index contributed by atoms with van der Waals surface area (Å²) in [7, 11) is 0. The third-order valence-corrected chi connectivity index (χ3v) is 3.49. The fourth-order valence-corrected chi connectivity index (χ4v) is 2.60. The van der Waals surface area contributed by atoms with Crippen LogP contribution in [0.3, 0.4) is 0 Å². The maximum atomic E-state index is 9.72. The Balaban J connectivity index is 2.28. The average molecular weight is 308 g/mol. The van der Waals surface area contributed by atoms with Crippen molar-refractivity contribution in [3.8, 4) is 11.3 Å². The Morgan fingerprint density at radius 2 is 2.06 bits per heavy atom. The largest absolute Gasteiger partial charge is 0.278 e. The molecule has 0 radical (unpaired) electrons. The van der Waals surface area contributed by atoms with Gasteiger partial charge in [0, 0.05) is 5.56 Å². The van der Waals surface area contributed by atoms with Gasteiger partial charge in [-0.1, -0.05) is 30.3 Å². The van der Waals surface area contributed by atoms with Crippen molar-refractivity contribution in [2.24, 2.45) is 0 Å². The molecule has 92 valence electrons. The lowest BCUT2D eigenvalue weighted by molar-refractivity contribution is 0.220. The Bertz CT molecular complexity index is 654. The van der Waals surface area contributed by atoms with Gasteiger partial charge in [-0.2, -0.15) is 10.6 Å². The summed E-state index contributed by atoms with van der Waals surface area (Å²) in [5.41, 5.74) is 4.32. The van der Waals surface area contributed by atoms with E-state index in [4.69, 9.17) is 5.41 Å². The molecule has 3 rings (SSSR count). The molecule has 0 aliphatic carbocycles. The molecule has 0 atom stereocenters. The van der Waals surface area contributed by atoms with Crippen LogP contribution < -0.4 is 16.2 Å². The zero-order valence-corrected chi connectivity index (χ0v) is 10.8. The van der Waals surface area contributed by atoms with E-state index < -0.39 is 0 Å².